The van der Waals surface area contributed by atoms with E-state index in [9.17, 15) is 4.79 Å². The van der Waals surface area contributed by atoms with Gasteiger partial charge < -0.3 is 10.6 Å². The molecule has 2 fully saturated rings. The quantitative estimate of drug-likeness (QED) is 0.673. The molecule has 1 amide bonds. The normalized spacial score (nSPS) is 29.5. The summed E-state index contributed by atoms with van der Waals surface area (Å²) in [5, 5.41) is 6.25. The Bertz CT molecular complexity index is 189. The van der Waals surface area contributed by atoms with Crippen LogP contribution in [0.5, 0.6) is 0 Å². The van der Waals surface area contributed by atoms with Crippen LogP contribution in [0, 0.1) is 5.92 Å². The molecule has 0 aromatic rings. The third kappa shape index (κ3) is 2.21. The summed E-state index contributed by atoms with van der Waals surface area (Å²) in [6.07, 6.45) is 6.21. The van der Waals surface area contributed by atoms with Gasteiger partial charge in [0.2, 0.25) is 5.91 Å². The van der Waals surface area contributed by atoms with Crippen molar-refractivity contribution >= 4 is 5.91 Å². The highest BCUT2D eigenvalue weighted by Crippen LogP contribution is 2.25. The number of piperidine rings is 1. The predicted molar refractivity (Wildman–Crippen MR) is 51.4 cm³/mol. The van der Waals surface area contributed by atoms with Crippen LogP contribution in [0.1, 0.15) is 32.1 Å². The van der Waals surface area contributed by atoms with Crippen LogP contribution >= 0.6 is 0 Å². The zero-order valence-corrected chi connectivity index (χ0v) is 8.01. The first-order valence-electron chi connectivity index (χ1n) is 5.37. The van der Waals surface area contributed by atoms with Crippen LogP contribution in [0.25, 0.3) is 0 Å². The third-order valence-electron chi connectivity index (χ3n) is 3.16. The molecule has 0 aromatic heterocycles. The second-order valence-electron chi connectivity index (χ2n) is 4.19. The van der Waals surface area contributed by atoms with Gasteiger partial charge in [0.05, 0.1) is 6.04 Å². The Morgan fingerprint density at radius 1 is 1.31 bits per heavy atom. The number of amides is 1. The fourth-order valence-corrected chi connectivity index (χ4v) is 1.97. The molecule has 13 heavy (non-hydrogen) atoms. The van der Waals surface area contributed by atoms with Gasteiger partial charge in [-0.1, -0.05) is 6.42 Å². The topological polar surface area (TPSA) is 41.1 Å². The Hall–Kier alpha value is -0.570. The summed E-state index contributed by atoms with van der Waals surface area (Å²) in [6, 6.07) is 0.0920. The molecule has 1 unspecified atom stereocenters. The third-order valence-corrected chi connectivity index (χ3v) is 3.16. The van der Waals surface area contributed by atoms with Gasteiger partial charge in [0.25, 0.3) is 0 Å². The Kier molecular flexibility index (Phi) is 2.83. The van der Waals surface area contributed by atoms with Crippen LogP contribution in [0.15, 0.2) is 0 Å². The number of carbonyl (C=O) groups is 1. The molecule has 1 saturated carbocycles. The SMILES string of the molecule is O=C1NCCCC1NCC1CCC1. The molecular formula is C10H18N2O. The minimum absolute atomic E-state index is 0.0920. The fourth-order valence-electron chi connectivity index (χ4n) is 1.97. The number of hydrogen-bond acceptors (Lipinski definition) is 2. The molecule has 1 saturated heterocycles. The Morgan fingerprint density at radius 2 is 2.15 bits per heavy atom. The highest BCUT2D eigenvalue weighted by molar-refractivity contribution is 5.82. The van der Waals surface area contributed by atoms with Crippen molar-refractivity contribution in [2.75, 3.05) is 13.1 Å². The van der Waals surface area contributed by atoms with Gasteiger partial charge in [-0.05, 0) is 38.1 Å². The first kappa shape index (κ1) is 9.00. The van der Waals surface area contributed by atoms with Crippen LogP contribution in [0.3, 0.4) is 0 Å². The number of rotatable bonds is 3. The van der Waals surface area contributed by atoms with Gasteiger partial charge >= 0.3 is 0 Å². The lowest BCUT2D eigenvalue weighted by molar-refractivity contribution is -0.124. The molecule has 74 valence electrons. The summed E-state index contributed by atoms with van der Waals surface area (Å²) in [4.78, 5) is 11.3. The van der Waals surface area contributed by atoms with Crippen molar-refractivity contribution in [3.8, 4) is 0 Å². The first-order valence-corrected chi connectivity index (χ1v) is 5.37. The van der Waals surface area contributed by atoms with Crippen molar-refractivity contribution < 1.29 is 4.79 Å². The summed E-state index contributed by atoms with van der Waals surface area (Å²) in [5.74, 6) is 1.04. The minimum Gasteiger partial charge on any atom is -0.355 e. The van der Waals surface area contributed by atoms with Gasteiger partial charge in [0.1, 0.15) is 0 Å². The standard InChI is InChI=1S/C10H18N2O/c13-10-9(5-2-6-11-10)12-7-8-3-1-4-8/h8-9,12H,1-7H2,(H,11,13). The fraction of sp³-hybridized carbons (Fsp3) is 0.900. The van der Waals surface area contributed by atoms with Gasteiger partial charge in [-0.15, -0.1) is 0 Å². The second-order valence-corrected chi connectivity index (χ2v) is 4.19. The van der Waals surface area contributed by atoms with Crippen molar-refractivity contribution in [3.05, 3.63) is 0 Å². The van der Waals surface area contributed by atoms with E-state index in [1.165, 1.54) is 19.3 Å². The van der Waals surface area contributed by atoms with E-state index in [4.69, 9.17) is 0 Å². The maximum absolute atomic E-state index is 11.3. The van der Waals surface area contributed by atoms with Crippen molar-refractivity contribution in [1.29, 1.82) is 0 Å². The number of nitrogens with one attached hydrogen (secondary N) is 2. The van der Waals surface area contributed by atoms with Crippen LogP contribution in [0.2, 0.25) is 0 Å². The zero-order chi connectivity index (χ0) is 9.10. The largest absolute Gasteiger partial charge is 0.355 e. The summed E-state index contributed by atoms with van der Waals surface area (Å²) in [7, 11) is 0. The molecule has 1 atom stereocenters. The lowest BCUT2D eigenvalue weighted by Gasteiger charge is -2.29. The maximum Gasteiger partial charge on any atom is 0.237 e. The molecule has 1 aliphatic carbocycles. The van der Waals surface area contributed by atoms with Crippen molar-refractivity contribution in [2.24, 2.45) is 5.92 Å². The van der Waals surface area contributed by atoms with Crippen LogP contribution in [0.4, 0.5) is 0 Å². The van der Waals surface area contributed by atoms with Gasteiger partial charge in [-0.25, -0.2) is 0 Å². The molecule has 3 nitrogen and oxygen atoms in total. The molecule has 0 aromatic carbocycles. The van der Waals surface area contributed by atoms with Crippen molar-refractivity contribution in [1.82, 2.24) is 10.6 Å². The van der Waals surface area contributed by atoms with Gasteiger partial charge in [0.15, 0.2) is 0 Å². The van der Waals surface area contributed by atoms with E-state index in [1.54, 1.807) is 0 Å². The molecule has 2 rings (SSSR count). The molecule has 1 aliphatic heterocycles. The summed E-state index contributed by atoms with van der Waals surface area (Å²) in [5.41, 5.74) is 0. The summed E-state index contributed by atoms with van der Waals surface area (Å²) >= 11 is 0. The van der Waals surface area contributed by atoms with E-state index < -0.39 is 0 Å². The monoisotopic (exact) mass is 182 g/mol. The smallest absolute Gasteiger partial charge is 0.237 e. The predicted octanol–water partition coefficient (Wildman–Crippen LogP) is 0.655. The van der Waals surface area contributed by atoms with E-state index >= 15 is 0 Å². The van der Waals surface area contributed by atoms with Gasteiger partial charge in [-0.2, -0.15) is 0 Å². The highest BCUT2D eigenvalue weighted by atomic mass is 16.2. The molecule has 1 heterocycles. The van der Waals surface area contributed by atoms with Crippen LogP contribution in [-0.4, -0.2) is 25.0 Å². The Balaban J connectivity index is 1.69. The Labute approximate surface area is 79.3 Å². The number of carbonyl (C=O) groups excluding carboxylic acids is 1. The van der Waals surface area contributed by atoms with Crippen molar-refractivity contribution in [3.63, 3.8) is 0 Å². The Morgan fingerprint density at radius 3 is 2.77 bits per heavy atom. The minimum atomic E-state index is 0.0920. The van der Waals surface area contributed by atoms with E-state index in [1.807, 2.05) is 0 Å². The zero-order valence-electron chi connectivity index (χ0n) is 8.01. The van der Waals surface area contributed by atoms with Crippen molar-refractivity contribution in [2.45, 2.75) is 38.1 Å². The molecule has 0 radical (unpaired) electrons. The average Bonchev–Trinajstić information content (AvgIpc) is 2.05. The van der Waals surface area contributed by atoms with Gasteiger partial charge in [-0.3, -0.25) is 4.79 Å². The molecular weight excluding hydrogens is 164 g/mol. The van der Waals surface area contributed by atoms with Crippen LogP contribution in [-0.2, 0) is 4.79 Å². The molecule has 2 N–H and O–H groups in total. The lowest BCUT2D eigenvalue weighted by atomic mass is 9.85. The van der Waals surface area contributed by atoms with E-state index in [0.29, 0.717) is 0 Å². The molecule has 3 heteroatoms. The summed E-state index contributed by atoms with van der Waals surface area (Å²) in [6.45, 7) is 1.90. The average molecular weight is 182 g/mol. The second kappa shape index (κ2) is 4.09. The lowest BCUT2D eigenvalue weighted by Crippen LogP contribution is -2.49. The molecule has 0 bridgehead atoms. The summed E-state index contributed by atoms with van der Waals surface area (Å²) < 4.78 is 0. The van der Waals surface area contributed by atoms with E-state index in [-0.39, 0.29) is 11.9 Å². The highest BCUT2D eigenvalue weighted by Gasteiger charge is 2.24. The maximum atomic E-state index is 11.3. The number of hydrogen-bond donors (Lipinski definition) is 2. The van der Waals surface area contributed by atoms with E-state index in [2.05, 4.69) is 10.6 Å². The van der Waals surface area contributed by atoms with E-state index in [0.717, 1.165) is 31.8 Å². The molecule has 2 aliphatic rings. The van der Waals surface area contributed by atoms with Crippen LogP contribution < -0.4 is 10.6 Å². The molecule has 0 spiro atoms. The first-order chi connectivity index (χ1) is 6.36. The van der Waals surface area contributed by atoms with Gasteiger partial charge in [0, 0.05) is 6.54 Å².